The molecule has 6 heteroatoms. The van der Waals surface area contributed by atoms with E-state index >= 15 is 0 Å². The van der Waals surface area contributed by atoms with Gasteiger partial charge in [-0.1, -0.05) is 39.0 Å². The number of para-hydroxylation sites is 1. The molecule has 1 unspecified atom stereocenters. The molecule has 2 N–H and O–H groups in total. The zero-order chi connectivity index (χ0) is 14.5. The summed E-state index contributed by atoms with van der Waals surface area (Å²) in [4.78, 5) is 10.6. The lowest BCUT2D eigenvalue weighted by atomic mass is 9.88. The minimum atomic E-state index is -0.715. The summed E-state index contributed by atoms with van der Waals surface area (Å²) < 4.78 is 0. The van der Waals surface area contributed by atoms with E-state index in [2.05, 4.69) is 36.5 Å². The second kappa shape index (κ2) is 6.17. The van der Waals surface area contributed by atoms with Crippen LogP contribution < -0.4 is 10.6 Å². The first-order valence-corrected chi connectivity index (χ1v) is 6.10. The van der Waals surface area contributed by atoms with Crippen LogP contribution in [-0.2, 0) is 0 Å². The standard InChI is InChI=1S/C13H20N4O2/c1-10(13(2,3)4)14-12(16-17(18)19)15-11-8-6-5-7-9-11/h5-10H,1-4H3,(H2,14,15,16). The normalized spacial score (nSPS) is 13.8. The third kappa shape index (κ3) is 5.37. The first-order valence-electron chi connectivity index (χ1n) is 6.10. The van der Waals surface area contributed by atoms with E-state index in [4.69, 9.17) is 0 Å². The number of nitrogens with zero attached hydrogens (tertiary/aromatic N) is 2. The number of benzene rings is 1. The number of nitro groups is 1. The largest absolute Gasteiger partial charge is 0.348 e. The zero-order valence-corrected chi connectivity index (χ0v) is 11.7. The van der Waals surface area contributed by atoms with Crippen molar-refractivity contribution in [3.8, 4) is 0 Å². The van der Waals surface area contributed by atoms with E-state index < -0.39 is 5.03 Å². The van der Waals surface area contributed by atoms with Gasteiger partial charge in [0.25, 0.3) is 5.96 Å². The van der Waals surface area contributed by atoms with Gasteiger partial charge in [-0.2, -0.15) is 0 Å². The van der Waals surface area contributed by atoms with Crippen molar-refractivity contribution in [1.29, 1.82) is 0 Å². The SMILES string of the molecule is CC(N/C(=N\[N+](=O)[O-])Nc1ccccc1)C(C)(C)C. The van der Waals surface area contributed by atoms with Crippen LogP contribution in [0, 0.1) is 15.5 Å². The number of anilines is 1. The molecule has 0 aliphatic heterocycles. The van der Waals surface area contributed by atoms with Crippen LogP contribution in [0.2, 0.25) is 0 Å². The molecule has 0 amide bonds. The fourth-order valence-electron chi connectivity index (χ4n) is 1.25. The Morgan fingerprint density at radius 2 is 1.89 bits per heavy atom. The summed E-state index contributed by atoms with van der Waals surface area (Å²) in [5.41, 5.74) is 0.715. The first kappa shape index (κ1) is 14.9. The summed E-state index contributed by atoms with van der Waals surface area (Å²) >= 11 is 0. The molecule has 0 saturated carbocycles. The zero-order valence-electron chi connectivity index (χ0n) is 11.7. The van der Waals surface area contributed by atoms with E-state index in [1.165, 1.54) is 0 Å². The van der Waals surface area contributed by atoms with Crippen LogP contribution in [0.25, 0.3) is 0 Å². The average molecular weight is 264 g/mol. The summed E-state index contributed by atoms with van der Waals surface area (Å²) in [7, 11) is 0. The Bertz CT molecular complexity index is 451. The topological polar surface area (TPSA) is 79.6 Å². The van der Waals surface area contributed by atoms with Gasteiger partial charge in [-0.3, -0.25) is 0 Å². The number of hydrogen-bond acceptors (Lipinski definition) is 2. The highest BCUT2D eigenvalue weighted by Crippen LogP contribution is 2.18. The van der Waals surface area contributed by atoms with Crippen LogP contribution in [0.3, 0.4) is 0 Å². The Morgan fingerprint density at radius 3 is 2.37 bits per heavy atom. The van der Waals surface area contributed by atoms with Gasteiger partial charge in [0.2, 0.25) is 0 Å². The predicted molar refractivity (Wildman–Crippen MR) is 76.5 cm³/mol. The summed E-state index contributed by atoms with van der Waals surface area (Å²) in [6.07, 6.45) is 0. The molecule has 1 atom stereocenters. The molecule has 0 aliphatic rings. The maximum Gasteiger partial charge on any atom is 0.273 e. The molecule has 0 radical (unpaired) electrons. The fraction of sp³-hybridized carbons (Fsp3) is 0.462. The van der Waals surface area contributed by atoms with Crippen LogP contribution in [0.1, 0.15) is 27.7 Å². The van der Waals surface area contributed by atoms with Crippen molar-refractivity contribution in [2.24, 2.45) is 10.5 Å². The quantitative estimate of drug-likeness (QED) is 0.381. The van der Waals surface area contributed by atoms with Crippen molar-refractivity contribution in [3.05, 3.63) is 40.4 Å². The third-order valence-corrected chi connectivity index (χ3v) is 2.87. The molecule has 0 aliphatic carbocycles. The van der Waals surface area contributed by atoms with Gasteiger partial charge in [-0.25, -0.2) is 10.1 Å². The second-order valence-corrected chi connectivity index (χ2v) is 5.41. The van der Waals surface area contributed by atoms with E-state index in [-0.39, 0.29) is 17.4 Å². The van der Waals surface area contributed by atoms with Gasteiger partial charge in [0.05, 0.1) is 0 Å². The Kier molecular flexibility index (Phi) is 4.86. The number of rotatable bonds is 3. The maximum absolute atomic E-state index is 10.6. The Balaban J connectivity index is 2.82. The highest BCUT2D eigenvalue weighted by molar-refractivity contribution is 5.93. The van der Waals surface area contributed by atoms with Gasteiger partial charge in [0.15, 0.2) is 5.03 Å². The minimum Gasteiger partial charge on any atom is -0.348 e. The third-order valence-electron chi connectivity index (χ3n) is 2.87. The molecular formula is C13H20N4O2. The van der Waals surface area contributed by atoms with Crippen LogP contribution in [-0.4, -0.2) is 17.0 Å². The van der Waals surface area contributed by atoms with E-state index in [1.54, 1.807) is 0 Å². The molecule has 6 nitrogen and oxygen atoms in total. The maximum atomic E-state index is 10.6. The van der Waals surface area contributed by atoms with Crippen molar-refractivity contribution in [1.82, 2.24) is 5.32 Å². The number of hydrogen-bond donors (Lipinski definition) is 2. The summed E-state index contributed by atoms with van der Waals surface area (Å²) in [5, 5.41) is 19.1. The molecular weight excluding hydrogens is 244 g/mol. The molecule has 104 valence electrons. The lowest BCUT2D eigenvalue weighted by Gasteiger charge is -2.28. The second-order valence-electron chi connectivity index (χ2n) is 5.41. The molecule has 0 aromatic heterocycles. The summed E-state index contributed by atoms with van der Waals surface area (Å²) in [6, 6.07) is 9.24. The van der Waals surface area contributed by atoms with Gasteiger partial charge in [0.1, 0.15) is 5.10 Å². The van der Waals surface area contributed by atoms with E-state index in [1.807, 2.05) is 37.3 Å². The first-order chi connectivity index (χ1) is 8.79. The molecule has 0 bridgehead atoms. The van der Waals surface area contributed by atoms with E-state index in [0.717, 1.165) is 5.69 Å². The van der Waals surface area contributed by atoms with Crippen molar-refractivity contribution in [2.75, 3.05) is 5.32 Å². The van der Waals surface area contributed by atoms with Gasteiger partial charge in [0, 0.05) is 11.7 Å². The monoisotopic (exact) mass is 264 g/mol. The van der Waals surface area contributed by atoms with E-state index in [9.17, 15) is 10.1 Å². The minimum absolute atomic E-state index is 0.0300. The van der Waals surface area contributed by atoms with Gasteiger partial charge < -0.3 is 10.6 Å². The van der Waals surface area contributed by atoms with Crippen molar-refractivity contribution >= 4 is 11.6 Å². The molecule has 1 aromatic rings. The number of hydrazone groups is 1. The average Bonchev–Trinajstić information content (AvgIpc) is 2.28. The predicted octanol–water partition coefficient (Wildman–Crippen LogP) is 2.67. The highest BCUT2D eigenvalue weighted by Gasteiger charge is 2.22. The van der Waals surface area contributed by atoms with Crippen molar-refractivity contribution < 1.29 is 5.03 Å². The Morgan fingerprint density at radius 1 is 1.32 bits per heavy atom. The van der Waals surface area contributed by atoms with E-state index in [0.29, 0.717) is 0 Å². The molecule has 1 rings (SSSR count). The highest BCUT2D eigenvalue weighted by atomic mass is 16.7. The smallest absolute Gasteiger partial charge is 0.273 e. The van der Waals surface area contributed by atoms with Gasteiger partial charge >= 0.3 is 0 Å². The fourth-order valence-corrected chi connectivity index (χ4v) is 1.25. The molecule has 19 heavy (non-hydrogen) atoms. The van der Waals surface area contributed by atoms with Gasteiger partial charge in [-0.15, -0.1) is 0 Å². The lowest BCUT2D eigenvalue weighted by Crippen LogP contribution is -2.44. The Hall–Kier alpha value is -2.11. The van der Waals surface area contributed by atoms with Crippen LogP contribution >= 0.6 is 0 Å². The molecule has 0 spiro atoms. The summed E-state index contributed by atoms with van der Waals surface area (Å²) in [6.45, 7) is 8.12. The van der Waals surface area contributed by atoms with Crippen LogP contribution in [0.4, 0.5) is 5.69 Å². The molecule has 0 fully saturated rings. The number of guanidine groups is 1. The molecule has 0 saturated heterocycles. The van der Waals surface area contributed by atoms with Crippen LogP contribution in [0.15, 0.2) is 35.4 Å². The van der Waals surface area contributed by atoms with Crippen LogP contribution in [0.5, 0.6) is 0 Å². The molecule has 0 heterocycles. The van der Waals surface area contributed by atoms with Gasteiger partial charge in [-0.05, 0) is 24.5 Å². The van der Waals surface area contributed by atoms with Crippen molar-refractivity contribution in [2.45, 2.75) is 33.7 Å². The summed E-state index contributed by atoms with van der Waals surface area (Å²) in [5.74, 6) is 0.138. The number of nitrogens with one attached hydrogen (secondary N) is 2. The van der Waals surface area contributed by atoms with Crippen molar-refractivity contribution in [3.63, 3.8) is 0 Å². The lowest BCUT2D eigenvalue weighted by molar-refractivity contribution is -0.485. The molecule has 1 aromatic carbocycles. The Labute approximate surface area is 113 Å².